The Kier molecular flexibility index (Phi) is 4.06. The smallest absolute Gasteiger partial charge is 0.303 e. The lowest BCUT2D eigenvalue weighted by Gasteiger charge is -2.17. The van der Waals surface area contributed by atoms with E-state index in [1.165, 1.54) is 11.8 Å². The molecule has 0 saturated carbocycles. The molecule has 1 aliphatic rings. The first-order valence-corrected chi connectivity index (χ1v) is 6.61. The molecule has 1 heterocycles. The molecule has 0 bridgehead atoms. The van der Waals surface area contributed by atoms with Crippen LogP contribution in [-0.2, 0) is 14.4 Å². The number of anilines is 2. The van der Waals surface area contributed by atoms with E-state index in [9.17, 15) is 14.4 Å². The first kappa shape index (κ1) is 13.4. The number of aliphatic carboxylic acids is 1. The molecule has 0 unspecified atom stereocenters. The van der Waals surface area contributed by atoms with Crippen molar-refractivity contribution in [3.63, 3.8) is 0 Å². The average Bonchev–Trinajstić information content (AvgIpc) is 2.36. The molecular formula is C12H12N2O4S. The van der Waals surface area contributed by atoms with Crippen molar-refractivity contribution in [1.29, 1.82) is 0 Å². The van der Waals surface area contributed by atoms with Gasteiger partial charge in [-0.2, -0.15) is 0 Å². The molecule has 100 valence electrons. The third kappa shape index (κ3) is 3.72. The van der Waals surface area contributed by atoms with Gasteiger partial charge >= 0.3 is 5.97 Å². The van der Waals surface area contributed by atoms with Crippen molar-refractivity contribution in [3.8, 4) is 0 Å². The van der Waals surface area contributed by atoms with E-state index in [2.05, 4.69) is 10.6 Å². The van der Waals surface area contributed by atoms with E-state index in [1.807, 2.05) is 6.07 Å². The summed E-state index contributed by atoms with van der Waals surface area (Å²) >= 11 is 1.44. The predicted octanol–water partition coefficient (Wildman–Crippen LogP) is 1.53. The van der Waals surface area contributed by atoms with Crippen LogP contribution < -0.4 is 10.6 Å². The molecule has 0 fully saturated rings. The standard InChI is InChI=1S/C12H12N2O4S/c15-10(3-4-12(17)18)13-7-1-2-9-8(5-7)14-11(16)6-19-9/h1-2,5H,3-4,6H2,(H,13,15)(H,14,16)(H,17,18). The Morgan fingerprint density at radius 2 is 2.16 bits per heavy atom. The molecule has 0 aliphatic carbocycles. The molecule has 1 aromatic carbocycles. The fourth-order valence-electron chi connectivity index (χ4n) is 1.60. The van der Waals surface area contributed by atoms with Gasteiger partial charge in [0.25, 0.3) is 0 Å². The minimum absolute atomic E-state index is 0.0759. The summed E-state index contributed by atoms with van der Waals surface area (Å²) < 4.78 is 0. The first-order valence-electron chi connectivity index (χ1n) is 5.63. The second-order valence-corrected chi connectivity index (χ2v) is 5.01. The number of thioether (sulfide) groups is 1. The van der Waals surface area contributed by atoms with Crippen LogP contribution >= 0.6 is 11.8 Å². The Labute approximate surface area is 113 Å². The van der Waals surface area contributed by atoms with Gasteiger partial charge in [-0.05, 0) is 18.2 Å². The van der Waals surface area contributed by atoms with Gasteiger partial charge in [-0.25, -0.2) is 0 Å². The van der Waals surface area contributed by atoms with Crippen molar-refractivity contribution < 1.29 is 19.5 Å². The van der Waals surface area contributed by atoms with Gasteiger partial charge in [-0.15, -0.1) is 11.8 Å². The molecule has 0 spiro atoms. The zero-order chi connectivity index (χ0) is 13.8. The van der Waals surface area contributed by atoms with Crippen molar-refractivity contribution in [2.75, 3.05) is 16.4 Å². The van der Waals surface area contributed by atoms with Crippen LogP contribution in [0.15, 0.2) is 23.1 Å². The average molecular weight is 280 g/mol. The molecule has 0 radical (unpaired) electrons. The maximum atomic E-state index is 11.5. The molecule has 3 N–H and O–H groups in total. The molecular weight excluding hydrogens is 268 g/mol. The quantitative estimate of drug-likeness (QED) is 0.777. The molecule has 0 aromatic heterocycles. The van der Waals surface area contributed by atoms with Crippen LogP contribution in [0.5, 0.6) is 0 Å². The van der Waals surface area contributed by atoms with Crippen LogP contribution in [-0.4, -0.2) is 28.6 Å². The minimum atomic E-state index is -1.01. The predicted molar refractivity (Wildman–Crippen MR) is 71.3 cm³/mol. The van der Waals surface area contributed by atoms with Crippen molar-refractivity contribution in [2.45, 2.75) is 17.7 Å². The van der Waals surface area contributed by atoms with Gasteiger partial charge in [0.15, 0.2) is 0 Å². The number of amides is 2. The summed E-state index contributed by atoms with van der Waals surface area (Å²) in [5, 5.41) is 13.8. The van der Waals surface area contributed by atoms with Crippen LogP contribution in [0.3, 0.4) is 0 Å². The minimum Gasteiger partial charge on any atom is -0.481 e. The number of carboxylic acid groups (broad SMARTS) is 1. The number of fused-ring (bicyclic) bond motifs is 1. The summed E-state index contributed by atoms with van der Waals surface area (Å²) in [6.45, 7) is 0. The molecule has 1 aromatic rings. The van der Waals surface area contributed by atoms with E-state index in [-0.39, 0.29) is 24.7 Å². The molecule has 19 heavy (non-hydrogen) atoms. The Morgan fingerprint density at radius 1 is 1.37 bits per heavy atom. The zero-order valence-electron chi connectivity index (χ0n) is 9.93. The fourth-order valence-corrected chi connectivity index (χ4v) is 2.39. The Hall–Kier alpha value is -2.02. The molecule has 1 aliphatic heterocycles. The van der Waals surface area contributed by atoms with Gasteiger partial charge in [0.05, 0.1) is 17.9 Å². The SMILES string of the molecule is O=C(O)CCC(=O)Nc1ccc2c(c1)NC(=O)CS2. The third-order valence-electron chi connectivity index (χ3n) is 2.46. The van der Waals surface area contributed by atoms with Crippen LogP contribution in [0.25, 0.3) is 0 Å². The second-order valence-electron chi connectivity index (χ2n) is 3.99. The highest BCUT2D eigenvalue weighted by Gasteiger charge is 2.16. The monoisotopic (exact) mass is 280 g/mol. The lowest BCUT2D eigenvalue weighted by molar-refractivity contribution is -0.138. The number of hydrogen-bond donors (Lipinski definition) is 3. The van der Waals surface area contributed by atoms with Crippen LogP contribution in [0.1, 0.15) is 12.8 Å². The van der Waals surface area contributed by atoms with Crippen molar-refractivity contribution in [2.24, 2.45) is 0 Å². The Bertz CT molecular complexity index is 545. The van der Waals surface area contributed by atoms with Crippen LogP contribution in [0.4, 0.5) is 11.4 Å². The fraction of sp³-hybridized carbons (Fsp3) is 0.250. The number of carbonyl (C=O) groups is 3. The summed E-state index contributed by atoms with van der Waals surface area (Å²) in [6, 6.07) is 5.20. The Balaban J connectivity index is 2.01. The summed E-state index contributed by atoms with van der Waals surface area (Å²) in [4.78, 5) is 34.0. The van der Waals surface area contributed by atoms with E-state index in [1.54, 1.807) is 12.1 Å². The largest absolute Gasteiger partial charge is 0.481 e. The van der Waals surface area contributed by atoms with Crippen molar-refractivity contribution >= 4 is 40.9 Å². The van der Waals surface area contributed by atoms with Gasteiger partial charge < -0.3 is 15.7 Å². The van der Waals surface area contributed by atoms with Gasteiger partial charge in [0, 0.05) is 17.0 Å². The molecule has 0 saturated heterocycles. The number of carbonyl (C=O) groups excluding carboxylic acids is 2. The maximum Gasteiger partial charge on any atom is 0.303 e. The van der Waals surface area contributed by atoms with Crippen molar-refractivity contribution in [3.05, 3.63) is 18.2 Å². The highest BCUT2D eigenvalue weighted by atomic mass is 32.2. The number of rotatable bonds is 4. The molecule has 0 atom stereocenters. The zero-order valence-corrected chi connectivity index (χ0v) is 10.8. The lowest BCUT2D eigenvalue weighted by Crippen LogP contribution is -2.19. The second kappa shape index (κ2) is 5.75. The first-order chi connectivity index (χ1) is 9.04. The third-order valence-corrected chi connectivity index (χ3v) is 3.54. The van der Waals surface area contributed by atoms with Gasteiger partial charge in [-0.3, -0.25) is 14.4 Å². The number of nitrogens with one attached hydrogen (secondary N) is 2. The van der Waals surface area contributed by atoms with Crippen molar-refractivity contribution in [1.82, 2.24) is 0 Å². The Morgan fingerprint density at radius 3 is 2.89 bits per heavy atom. The summed E-state index contributed by atoms with van der Waals surface area (Å²) in [5.74, 6) is -1.06. The molecule has 7 heteroatoms. The van der Waals surface area contributed by atoms with E-state index in [0.29, 0.717) is 17.1 Å². The van der Waals surface area contributed by atoms with Crippen LogP contribution in [0.2, 0.25) is 0 Å². The normalized spacial score (nSPS) is 13.4. The van der Waals surface area contributed by atoms with Gasteiger partial charge in [0.2, 0.25) is 11.8 Å². The molecule has 2 amide bonds. The van der Waals surface area contributed by atoms with E-state index < -0.39 is 5.97 Å². The summed E-state index contributed by atoms with van der Waals surface area (Å²) in [7, 11) is 0. The lowest BCUT2D eigenvalue weighted by atomic mass is 10.2. The number of hydrogen-bond acceptors (Lipinski definition) is 4. The maximum absolute atomic E-state index is 11.5. The van der Waals surface area contributed by atoms with Gasteiger partial charge in [0.1, 0.15) is 0 Å². The molecule has 6 nitrogen and oxygen atoms in total. The van der Waals surface area contributed by atoms with E-state index >= 15 is 0 Å². The molecule has 2 rings (SSSR count). The van der Waals surface area contributed by atoms with Crippen LogP contribution in [0, 0.1) is 0 Å². The van der Waals surface area contributed by atoms with Gasteiger partial charge in [-0.1, -0.05) is 0 Å². The number of carboxylic acids is 1. The summed E-state index contributed by atoms with van der Waals surface area (Å²) in [6.07, 6.45) is -0.281. The summed E-state index contributed by atoms with van der Waals surface area (Å²) in [5.41, 5.74) is 1.20. The van der Waals surface area contributed by atoms with E-state index in [0.717, 1.165) is 4.90 Å². The topological polar surface area (TPSA) is 95.5 Å². The highest BCUT2D eigenvalue weighted by Crippen LogP contribution is 2.33. The number of benzene rings is 1. The highest BCUT2D eigenvalue weighted by molar-refractivity contribution is 8.00. The van der Waals surface area contributed by atoms with E-state index in [4.69, 9.17) is 5.11 Å².